The highest BCUT2D eigenvalue weighted by molar-refractivity contribution is 5.76. The molecular formula is C21H30O5. The summed E-state index contributed by atoms with van der Waals surface area (Å²) in [4.78, 5) is 12.4. The molecule has 2 saturated carbocycles. The lowest BCUT2D eigenvalue weighted by Gasteiger charge is -2.21. The number of hydrogen-bond acceptors (Lipinski definition) is 5. The van der Waals surface area contributed by atoms with Gasteiger partial charge >= 0.3 is 5.97 Å². The van der Waals surface area contributed by atoms with Gasteiger partial charge in [-0.3, -0.25) is 4.79 Å². The van der Waals surface area contributed by atoms with Crippen LogP contribution in [0.4, 0.5) is 0 Å². The van der Waals surface area contributed by atoms with Crippen LogP contribution in [0, 0.1) is 17.8 Å². The molecule has 0 N–H and O–H groups in total. The summed E-state index contributed by atoms with van der Waals surface area (Å²) in [5.41, 5.74) is 0.975. The molecule has 0 radical (unpaired) electrons. The maximum Gasteiger partial charge on any atom is 0.309 e. The second kappa shape index (κ2) is 8.76. The lowest BCUT2D eigenvalue weighted by molar-refractivity contribution is -0.153. The van der Waals surface area contributed by atoms with E-state index in [9.17, 15) is 4.79 Å². The molecule has 3 atom stereocenters. The highest BCUT2D eigenvalue weighted by atomic mass is 16.5. The molecule has 0 bridgehead atoms. The van der Waals surface area contributed by atoms with E-state index in [1.54, 1.807) is 14.2 Å². The molecule has 0 saturated heterocycles. The fourth-order valence-corrected chi connectivity index (χ4v) is 3.89. The van der Waals surface area contributed by atoms with Crippen molar-refractivity contribution in [2.24, 2.45) is 17.8 Å². The maximum atomic E-state index is 12.4. The normalized spacial score (nSPS) is 25.6. The average Bonchev–Trinajstić information content (AvgIpc) is 3.32. The van der Waals surface area contributed by atoms with Gasteiger partial charge in [0.25, 0.3) is 0 Å². The molecule has 3 rings (SSSR count). The predicted molar refractivity (Wildman–Crippen MR) is 98.3 cm³/mol. The number of benzene rings is 1. The van der Waals surface area contributed by atoms with Crippen LogP contribution in [-0.2, 0) is 20.9 Å². The van der Waals surface area contributed by atoms with E-state index >= 15 is 0 Å². The van der Waals surface area contributed by atoms with Crippen molar-refractivity contribution in [1.82, 2.24) is 0 Å². The molecule has 0 amide bonds. The van der Waals surface area contributed by atoms with Crippen molar-refractivity contribution in [3.05, 3.63) is 23.8 Å². The Hall–Kier alpha value is -1.75. The summed E-state index contributed by atoms with van der Waals surface area (Å²) in [6, 6.07) is 5.69. The van der Waals surface area contributed by atoms with Gasteiger partial charge in [0.2, 0.25) is 0 Å². The van der Waals surface area contributed by atoms with E-state index in [1.165, 1.54) is 19.3 Å². The first-order chi connectivity index (χ1) is 12.6. The molecule has 1 aromatic carbocycles. The van der Waals surface area contributed by atoms with Crippen molar-refractivity contribution in [1.29, 1.82) is 0 Å². The van der Waals surface area contributed by atoms with Gasteiger partial charge in [0, 0.05) is 11.6 Å². The zero-order chi connectivity index (χ0) is 18.5. The summed E-state index contributed by atoms with van der Waals surface area (Å²) < 4.78 is 22.2. The van der Waals surface area contributed by atoms with Crippen LogP contribution in [0.3, 0.4) is 0 Å². The van der Waals surface area contributed by atoms with Gasteiger partial charge in [-0.25, -0.2) is 0 Å². The number of rotatable bonds is 8. The van der Waals surface area contributed by atoms with E-state index in [0.717, 1.165) is 29.9 Å². The van der Waals surface area contributed by atoms with Gasteiger partial charge in [0.15, 0.2) is 0 Å². The Labute approximate surface area is 156 Å². The molecule has 2 fully saturated rings. The molecule has 5 heteroatoms. The minimum absolute atomic E-state index is 0.00492. The van der Waals surface area contributed by atoms with Crippen LogP contribution >= 0.6 is 0 Å². The Kier molecular flexibility index (Phi) is 6.41. The molecule has 144 valence electrons. The highest BCUT2D eigenvalue weighted by Crippen LogP contribution is 2.47. The predicted octanol–water partition coefficient (Wildman–Crippen LogP) is 3.98. The van der Waals surface area contributed by atoms with E-state index in [2.05, 4.69) is 6.92 Å². The Morgan fingerprint density at radius 1 is 1.12 bits per heavy atom. The quantitative estimate of drug-likeness (QED) is 0.655. The van der Waals surface area contributed by atoms with Gasteiger partial charge in [-0.2, -0.15) is 0 Å². The van der Waals surface area contributed by atoms with Gasteiger partial charge < -0.3 is 18.9 Å². The first kappa shape index (κ1) is 19.0. The summed E-state index contributed by atoms with van der Waals surface area (Å²) in [5, 5.41) is 0. The van der Waals surface area contributed by atoms with Crippen molar-refractivity contribution in [2.75, 3.05) is 20.8 Å². The number of hydrogen-bond donors (Lipinski definition) is 0. The zero-order valence-electron chi connectivity index (χ0n) is 16.0. The van der Waals surface area contributed by atoms with Crippen molar-refractivity contribution in [2.45, 2.75) is 51.7 Å². The molecule has 0 aliphatic heterocycles. The van der Waals surface area contributed by atoms with Crippen molar-refractivity contribution >= 4 is 5.97 Å². The van der Waals surface area contributed by atoms with Gasteiger partial charge in [-0.05, 0) is 49.7 Å². The van der Waals surface area contributed by atoms with Gasteiger partial charge in [-0.15, -0.1) is 0 Å². The van der Waals surface area contributed by atoms with E-state index < -0.39 is 0 Å². The number of methoxy groups -OCH3 is 2. The summed E-state index contributed by atoms with van der Waals surface area (Å²) in [6.45, 7) is 3.14. The summed E-state index contributed by atoms with van der Waals surface area (Å²) in [6.07, 6.45) is 5.78. The number of esters is 1. The summed E-state index contributed by atoms with van der Waals surface area (Å²) in [7, 11) is 3.27. The van der Waals surface area contributed by atoms with Gasteiger partial charge in [0.05, 0.1) is 33.4 Å². The molecule has 0 heterocycles. The molecule has 3 unspecified atom stereocenters. The molecule has 0 aromatic heterocycles. The largest absolute Gasteiger partial charge is 0.497 e. The minimum atomic E-state index is -0.0278. The lowest BCUT2D eigenvalue weighted by Crippen LogP contribution is -2.22. The monoisotopic (exact) mass is 362 g/mol. The lowest BCUT2D eigenvalue weighted by atomic mass is 9.98. The van der Waals surface area contributed by atoms with E-state index in [4.69, 9.17) is 18.9 Å². The minimum Gasteiger partial charge on any atom is -0.497 e. The average molecular weight is 362 g/mol. The zero-order valence-corrected chi connectivity index (χ0v) is 16.0. The van der Waals surface area contributed by atoms with Crippen LogP contribution in [0.15, 0.2) is 18.2 Å². The van der Waals surface area contributed by atoms with E-state index in [-0.39, 0.29) is 23.9 Å². The second-order valence-electron chi connectivity index (χ2n) is 7.44. The van der Waals surface area contributed by atoms with Gasteiger partial charge in [-0.1, -0.05) is 13.3 Å². The molecule has 0 spiro atoms. The first-order valence-corrected chi connectivity index (χ1v) is 9.63. The van der Waals surface area contributed by atoms with Crippen molar-refractivity contribution < 1.29 is 23.7 Å². The standard InChI is InChI=1S/C21H30O5/c1-14-18(20(14)21(22)26-16-7-5-4-6-8-16)13-25-12-15-9-10-17(23-2)11-19(15)24-3/h9-11,14,16,18,20H,4-8,12-13H2,1-3H3. The van der Waals surface area contributed by atoms with Crippen LogP contribution in [0.5, 0.6) is 11.5 Å². The van der Waals surface area contributed by atoms with Crippen molar-refractivity contribution in [3.8, 4) is 11.5 Å². The van der Waals surface area contributed by atoms with E-state index in [1.807, 2.05) is 18.2 Å². The summed E-state index contributed by atoms with van der Waals surface area (Å²) >= 11 is 0. The Bertz CT molecular complexity index is 608. The Balaban J connectivity index is 1.44. The van der Waals surface area contributed by atoms with Gasteiger partial charge in [0.1, 0.15) is 17.6 Å². The van der Waals surface area contributed by atoms with Crippen LogP contribution in [0.25, 0.3) is 0 Å². The Morgan fingerprint density at radius 3 is 2.58 bits per heavy atom. The van der Waals surface area contributed by atoms with Crippen molar-refractivity contribution in [3.63, 3.8) is 0 Å². The molecule has 1 aromatic rings. The van der Waals surface area contributed by atoms with Crippen LogP contribution in [0.2, 0.25) is 0 Å². The first-order valence-electron chi connectivity index (χ1n) is 9.63. The van der Waals surface area contributed by atoms with Crippen LogP contribution < -0.4 is 9.47 Å². The Morgan fingerprint density at radius 2 is 1.88 bits per heavy atom. The molecule has 5 nitrogen and oxygen atoms in total. The third kappa shape index (κ3) is 4.50. The number of carbonyl (C=O) groups is 1. The summed E-state index contributed by atoms with van der Waals surface area (Å²) in [5.74, 6) is 2.07. The molecule has 26 heavy (non-hydrogen) atoms. The van der Waals surface area contributed by atoms with Crippen LogP contribution in [-0.4, -0.2) is 32.9 Å². The third-order valence-electron chi connectivity index (χ3n) is 5.73. The number of carbonyl (C=O) groups excluding carboxylic acids is 1. The fraction of sp³-hybridized carbons (Fsp3) is 0.667. The second-order valence-corrected chi connectivity index (χ2v) is 7.44. The fourth-order valence-electron chi connectivity index (χ4n) is 3.89. The third-order valence-corrected chi connectivity index (χ3v) is 5.73. The molecule has 2 aliphatic rings. The molecular weight excluding hydrogens is 332 g/mol. The van der Waals surface area contributed by atoms with E-state index in [0.29, 0.717) is 19.1 Å². The maximum absolute atomic E-state index is 12.4. The molecule has 2 aliphatic carbocycles. The highest BCUT2D eigenvalue weighted by Gasteiger charge is 2.53. The van der Waals surface area contributed by atoms with Crippen LogP contribution in [0.1, 0.15) is 44.6 Å². The smallest absolute Gasteiger partial charge is 0.309 e. The SMILES string of the molecule is COc1ccc(COCC2C(C)C2C(=O)OC2CCCCC2)c(OC)c1. The topological polar surface area (TPSA) is 54.0 Å². The number of ether oxygens (including phenoxy) is 4.